The van der Waals surface area contributed by atoms with Crippen LogP contribution in [0.5, 0.6) is 0 Å². The minimum absolute atomic E-state index is 0.0148. The maximum absolute atomic E-state index is 15.3. The number of amides is 1. The van der Waals surface area contributed by atoms with Crippen LogP contribution in [-0.2, 0) is 16.0 Å². The van der Waals surface area contributed by atoms with Crippen LogP contribution < -0.4 is 16.4 Å². The number of thioether (sulfide) groups is 1. The van der Waals surface area contributed by atoms with Crippen LogP contribution in [0.25, 0.3) is 0 Å². The molecular formula is C34H33ClF3N3O2S. The Labute approximate surface area is 264 Å². The second kappa shape index (κ2) is 15.0. The van der Waals surface area contributed by atoms with Crippen molar-refractivity contribution in [3.05, 3.63) is 130 Å². The van der Waals surface area contributed by atoms with Crippen LogP contribution >= 0.6 is 23.4 Å². The number of hydrogen-bond donors (Lipinski definition) is 3. The molecule has 4 aromatic rings. The number of carbonyl (C=O) groups is 1. The first kappa shape index (κ1) is 31.9. The molecule has 230 valence electrons. The van der Waals surface area contributed by atoms with Crippen molar-refractivity contribution in [1.29, 1.82) is 0 Å². The van der Waals surface area contributed by atoms with Gasteiger partial charge in [0.1, 0.15) is 23.5 Å². The van der Waals surface area contributed by atoms with Gasteiger partial charge in [0, 0.05) is 45.9 Å². The first-order chi connectivity index (χ1) is 21.3. The molecule has 5 rings (SSSR count). The van der Waals surface area contributed by atoms with Crippen LogP contribution in [0.1, 0.15) is 29.0 Å². The van der Waals surface area contributed by atoms with Gasteiger partial charge in [-0.3, -0.25) is 4.79 Å². The van der Waals surface area contributed by atoms with Gasteiger partial charge in [-0.25, -0.2) is 13.2 Å². The molecule has 0 saturated carbocycles. The zero-order valence-electron chi connectivity index (χ0n) is 23.8. The van der Waals surface area contributed by atoms with Gasteiger partial charge in [0.15, 0.2) is 0 Å². The molecule has 0 aliphatic carbocycles. The van der Waals surface area contributed by atoms with E-state index in [2.05, 4.69) is 10.6 Å². The van der Waals surface area contributed by atoms with Crippen molar-refractivity contribution in [2.45, 2.75) is 41.9 Å². The molecule has 0 bridgehead atoms. The van der Waals surface area contributed by atoms with Crippen LogP contribution in [0.15, 0.2) is 95.9 Å². The van der Waals surface area contributed by atoms with Crippen LogP contribution in [0, 0.1) is 17.5 Å². The van der Waals surface area contributed by atoms with E-state index in [1.807, 2.05) is 24.3 Å². The first-order valence-corrected chi connectivity index (χ1v) is 15.7. The maximum Gasteiger partial charge on any atom is 0.240 e. The highest BCUT2D eigenvalue weighted by Crippen LogP contribution is 2.33. The lowest BCUT2D eigenvalue weighted by Crippen LogP contribution is -2.46. The fourth-order valence-corrected chi connectivity index (χ4v) is 6.45. The maximum atomic E-state index is 15.3. The van der Waals surface area contributed by atoms with E-state index < -0.39 is 35.3 Å². The summed E-state index contributed by atoms with van der Waals surface area (Å²) in [4.78, 5) is 14.0. The van der Waals surface area contributed by atoms with Gasteiger partial charge in [-0.1, -0.05) is 41.9 Å². The molecule has 0 radical (unpaired) electrons. The van der Waals surface area contributed by atoms with Crippen molar-refractivity contribution < 1.29 is 22.7 Å². The second-order valence-corrected chi connectivity index (χ2v) is 12.2. The molecule has 0 aromatic heterocycles. The van der Waals surface area contributed by atoms with Gasteiger partial charge >= 0.3 is 0 Å². The Morgan fingerprint density at radius 3 is 2.14 bits per heavy atom. The average molecular weight is 640 g/mol. The van der Waals surface area contributed by atoms with Gasteiger partial charge in [0.25, 0.3) is 0 Å². The summed E-state index contributed by atoms with van der Waals surface area (Å²) in [5.74, 6) is -1.93. The SMILES string of the molecule is NC(=O)[C@@H](Nc1cccc(F)c1CC[C@@H]1CNC[C@@H](CSc2ccc(Cl)cc2)O1)C(c1ccc(F)cc1)c1ccc(F)cc1. The Morgan fingerprint density at radius 2 is 1.52 bits per heavy atom. The Kier molecular flexibility index (Phi) is 10.9. The van der Waals surface area contributed by atoms with Crippen LogP contribution in [-0.4, -0.2) is 43.0 Å². The summed E-state index contributed by atoms with van der Waals surface area (Å²) in [5, 5.41) is 7.29. The lowest BCUT2D eigenvalue weighted by atomic mass is 9.84. The summed E-state index contributed by atoms with van der Waals surface area (Å²) in [6.07, 6.45) is 0.747. The Hall–Kier alpha value is -3.50. The number of morpholine rings is 1. The zero-order valence-corrected chi connectivity index (χ0v) is 25.4. The summed E-state index contributed by atoms with van der Waals surface area (Å²) < 4.78 is 49.2. The minimum Gasteiger partial charge on any atom is -0.373 e. The number of primary amides is 1. The topological polar surface area (TPSA) is 76.4 Å². The summed E-state index contributed by atoms with van der Waals surface area (Å²) in [6, 6.07) is 22.6. The van der Waals surface area contributed by atoms with Gasteiger partial charge in [0.05, 0.1) is 12.2 Å². The number of benzene rings is 4. The predicted molar refractivity (Wildman–Crippen MR) is 170 cm³/mol. The summed E-state index contributed by atoms with van der Waals surface area (Å²) in [6.45, 7) is 1.36. The molecule has 1 amide bonds. The molecule has 1 saturated heterocycles. The third-order valence-electron chi connectivity index (χ3n) is 7.62. The molecule has 0 unspecified atom stereocenters. The Morgan fingerprint density at radius 1 is 0.909 bits per heavy atom. The average Bonchev–Trinajstić information content (AvgIpc) is 3.02. The quantitative estimate of drug-likeness (QED) is 0.147. The summed E-state index contributed by atoms with van der Waals surface area (Å²) in [7, 11) is 0. The normalized spacial score (nSPS) is 17.4. The predicted octanol–water partition coefficient (Wildman–Crippen LogP) is 6.94. The van der Waals surface area contributed by atoms with E-state index in [-0.39, 0.29) is 12.2 Å². The van der Waals surface area contributed by atoms with Crippen LogP contribution in [0.4, 0.5) is 18.9 Å². The number of rotatable bonds is 12. The number of ether oxygens (including phenoxy) is 1. The molecule has 10 heteroatoms. The molecule has 1 aliphatic heterocycles. The number of hydrogen-bond acceptors (Lipinski definition) is 5. The first-order valence-electron chi connectivity index (χ1n) is 14.4. The number of nitrogens with one attached hydrogen (secondary N) is 2. The molecule has 5 nitrogen and oxygen atoms in total. The van der Waals surface area contributed by atoms with Crippen molar-refractivity contribution in [2.75, 3.05) is 24.2 Å². The molecule has 1 aliphatic rings. The van der Waals surface area contributed by atoms with Crippen molar-refractivity contribution in [2.24, 2.45) is 5.73 Å². The van der Waals surface area contributed by atoms with Crippen LogP contribution in [0.2, 0.25) is 5.02 Å². The second-order valence-electron chi connectivity index (χ2n) is 10.7. The van der Waals surface area contributed by atoms with Gasteiger partial charge in [0.2, 0.25) is 5.91 Å². The third-order valence-corrected chi connectivity index (χ3v) is 9.02. The van der Waals surface area contributed by atoms with Crippen molar-refractivity contribution >= 4 is 35.0 Å². The van der Waals surface area contributed by atoms with Crippen molar-refractivity contribution in [1.82, 2.24) is 5.32 Å². The number of anilines is 1. The number of nitrogens with two attached hydrogens (primary N) is 1. The highest BCUT2D eigenvalue weighted by Gasteiger charge is 2.31. The minimum atomic E-state index is -1.05. The van der Waals surface area contributed by atoms with Gasteiger partial charge in [-0.15, -0.1) is 11.8 Å². The molecule has 1 heterocycles. The summed E-state index contributed by atoms with van der Waals surface area (Å²) >= 11 is 7.68. The van der Waals surface area contributed by atoms with E-state index in [0.29, 0.717) is 46.8 Å². The third kappa shape index (κ3) is 8.35. The van der Waals surface area contributed by atoms with E-state index in [0.717, 1.165) is 17.2 Å². The van der Waals surface area contributed by atoms with Gasteiger partial charge < -0.3 is 21.1 Å². The lowest BCUT2D eigenvalue weighted by molar-refractivity contribution is -0.119. The highest BCUT2D eigenvalue weighted by atomic mass is 35.5. The van der Waals surface area contributed by atoms with E-state index in [9.17, 15) is 13.6 Å². The van der Waals surface area contributed by atoms with Crippen molar-refractivity contribution in [3.8, 4) is 0 Å². The van der Waals surface area contributed by atoms with E-state index in [1.165, 1.54) is 30.3 Å². The Balaban J connectivity index is 1.31. The molecule has 44 heavy (non-hydrogen) atoms. The summed E-state index contributed by atoms with van der Waals surface area (Å²) in [5.41, 5.74) is 7.92. The Bertz CT molecular complexity index is 1500. The van der Waals surface area contributed by atoms with Gasteiger partial charge in [-0.05, 0) is 84.6 Å². The molecular weight excluding hydrogens is 607 g/mol. The molecule has 1 fully saturated rings. The fourth-order valence-electron chi connectivity index (χ4n) is 5.42. The van der Waals surface area contributed by atoms with Crippen LogP contribution in [0.3, 0.4) is 0 Å². The monoisotopic (exact) mass is 639 g/mol. The highest BCUT2D eigenvalue weighted by molar-refractivity contribution is 7.99. The number of halogens is 4. The zero-order chi connectivity index (χ0) is 31.1. The van der Waals surface area contributed by atoms with Crippen molar-refractivity contribution in [3.63, 3.8) is 0 Å². The van der Waals surface area contributed by atoms with E-state index in [4.69, 9.17) is 22.1 Å². The molecule has 4 N–H and O–H groups in total. The number of carbonyl (C=O) groups excluding carboxylic acids is 1. The standard InChI is InChI=1S/C34H33ClF3N3O2S/c35-23-8-15-28(16-9-23)44-20-27-19-40-18-26(43-27)14-17-29-30(38)2-1-3-31(29)41-33(34(39)42)32(21-4-10-24(36)11-5-21)22-6-12-25(37)13-7-22/h1-13,15-16,26-27,32-33,40-41H,14,17-20H2,(H2,39,42)/t26-,27+,33+/m1/s1. The molecule has 0 spiro atoms. The largest absolute Gasteiger partial charge is 0.373 e. The smallest absolute Gasteiger partial charge is 0.240 e. The fraction of sp³-hybridized carbons (Fsp3) is 0.265. The molecule has 3 atom stereocenters. The lowest BCUT2D eigenvalue weighted by Gasteiger charge is -2.31. The van der Waals surface area contributed by atoms with Gasteiger partial charge in [-0.2, -0.15) is 0 Å². The van der Waals surface area contributed by atoms with E-state index in [1.54, 1.807) is 48.2 Å². The van der Waals surface area contributed by atoms with E-state index >= 15 is 4.39 Å². The molecule has 4 aromatic carbocycles.